The number of anilines is 1. The fraction of sp³-hybridized carbons (Fsp3) is 0.474. The van der Waals surface area contributed by atoms with Crippen molar-refractivity contribution in [1.82, 2.24) is 9.88 Å². The molecule has 4 rings (SSSR count). The van der Waals surface area contributed by atoms with Crippen molar-refractivity contribution in [2.45, 2.75) is 39.2 Å². The third-order valence-corrected chi connectivity index (χ3v) is 5.31. The molecule has 0 saturated carbocycles. The van der Waals surface area contributed by atoms with Crippen molar-refractivity contribution in [3.63, 3.8) is 0 Å². The number of halogens is 1. The van der Waals surface area contributed by atoms with Crippen LogP contribution < -0.4 is 4.90 Å². The highest BCUT2D eigenvalue weighted by molar-refractivity contribution is 5.85. The van der Waals surface area contributed by atoms with Gasteiger partial charge in [0.15, 0.2) is 0 Å². The van der Waals surface area contributed by atoms with Gasteiger partial charge >= 0.3 is 0 Å². The van der Waals surface area contributed by atoms with Crippen LogP contribution in [0.4, 0.5) is 10.2 Å². The minimum atomic E-state index is -0.222. The van der Waals surface area contributed by atoms with Crippen LogP contribution in [0.25, 0.3) is 10.9 Å². The zero-order valence-corrected chi connectivity index (χ0v) is 14.2. The molecule has 1 atom stereocenters. The second-order valence-electron chi connectivity index (χ2n) is 6.97. The molecule has 0 aliphatic carbocycles. The molecule has 2 fully saturated rings. The van der Waals surface area contributed by atoms with Crippen LogP contribution in [-0.2, 0) is 4.79 Å². The van der Waals surface area contributed by atoms with Crippen molar-refractivity contribution in [1.29, 1.82) is 0 Å². The lowest BCUT2D eigenvalue weighted by atomic mass is 10.1. The first-order valence-electron chi connectivity index (χ1n) is 8.65. The van der Waals surface area contributed by atoms with Crippen LogP contribution in [0.2, 0.25) is 0 Å². The molecule has 1 amide bonds. The van der Waals surface area contributed by atoms with E-state index in [0.29, 0.717) is 11.8 Å². The Balaban J connectivity index is 1.66. The minimum Gasteiger partial charge on any atom is -0.354 e. The summed E-state index contributed by atoms with van der Waals surface area (Å²) >= 11 is 0. The standard InChI is InChI=1S/C19H22FN3O/c1-12-5-6-16(20)15-10-13(2)19(21-18(12)15)22-9-7-14(11-22)23-8-3-4-17(23)24/h5-6,10,14H,3-4,7-9,11H2,1-2H3. The number of likely N-dealkylation sites (tertiary alicyclic amines) is 1. The Bertz CT molecular complexity index is 820. The Morgan fingerprint density at radius 2 is 2.04 bits per heavy atom. The zero-order valence-electron chi connectivity index (χ0n) is 14.2. The van der Waals surface area contributed by atoms with Crippen molar-refractivity contribution in [2.24, 2.45) is 0 Å². The summed E-state index contributed by atoms with van der Waals surface area (Å²) in [6.07, 6.45) is 2.64. The molecule has 2 aromatic rings. The van der Waals surface area contributed by atoms with Crippen LogP contribution in [0, 0.1) is 19.7 Å². The molecular weight excluding hydrogens is 305 g/mol. The highest BCUT2D eigenvalue weighted by Crippen LogP contribution is 2.30. The van der Waals surface area contributed by atoms with E-state index in [1.54, 1.807) is 6.07 Å². The van der Waals surface area contributed by atoms with E-state index >= 15 is 0 Å². The van der Waals surface area contributed by atoms with Gasteiger partial charge in [-0.2, -0.15) is 0 Å². The number of carbonyl (C=O) groups is 1. The number of hydrogen-bond donors (Lipinski definition) is 0. The van der Waals surface area contributed by atoms with Gasteiger partial charge in [-0.05, 0) is 49.9 Å². The maximum absolute atomic E-state index is 14.1. The van der Waals surface area contributed by atoms with Crippen LogP contribution in [0.15, 0.2) is 18.2 Å². The van der Waals surface area contributed by atoms with Gasteiger partial charge in [-0.25, -0.2) is 9.37 Å². The summed E-state index contributed by atoms with van der Waals surface area (Å²) in [4.78, 5) is 21.0. The molecule has 2 saturated heterocycles. The number of hydrogen-bond acceptors (Lipinski definition) is 3. The Morgan fingerprint density at radius 3 is 2.79 bits per heavy atom. The Hall–Kier alpha value is -2.17. The molecule has 2 aliphatic heterocycles. The second kappa shape index (κ2) is 5.72. The SMILES string of the molecule is Cc1cc2c(F)ccc(C)c2nc1N1CCC(N2CCCC2=O)C1. The summed E-state index contributed by atoms with van der Waals surface area (Å²) in [6, 6.07) is 5.46. The van der Waals surface area contributed by atoms with Gasteiger partial charge < -0.3 is 9.80 Å². The van der Waals surface area contributed by atoms with Crippen LogP contribution >= 0.6 is 0 Å². The molecule has 1 aromatic heterocycles. The van der Waals surface area contributed by atoms with Gasteiger partial charge in [0, 0.05) is 31.4 Å². The predicted molar refractivity (Wildman–Crippen MR) is 92.7 cm³/mol. The fourth-order valence-electron chi connectivity index (χ4n) is 4.02. The Labute approximate surface area is 141 Å². The number of carbonyl (C=O) groups excluding carboxylic acids is 1. The van der Waals surface area contributed by atoms with E-state index < -0.39 is 0 Å². The van der Waals surface area contributed by atoms with Crippen LogP contribution in [0.1, 0.15) is 30.4 Å². The summed E-state index contributed by atoms with van der Waals surface area (Å²) in [6.45, 7) is 6.54. The summed E-state index contributed by atoms with van der Waals surface area (Å²) in [5.74, 6) is 0.980. The van der Waals surface area contributed by atoms with Crippen molar-refractivity contribution < 1.29 is 9.18 Å². The molecule has 0 spiro atoms. The van der Waals surface area contributed by atoms with E-state index in [1.165, 1.54) is 6.07 Å². The molecule has 4 nitrogen and oxygen atoms in total. The number of amides is 1. The topological polar surface area (TPSA) is 36.4 Å². The highest BCUT2D eigenvalue weighted by Gasteiger charge is 2.34. The average Bonchev–Trinajstić information content (AvgIpc) is 3.19. The van der Waals surface area contributed by atoms with E-state index in [0.717, 1.165) is 54.9 Å². The van der Waals surface area contributed by atoms with E-state index in [2.05, 4.69) is 4.90 Å². The quantitative estimate of drug-likeness (QED) is 0.850. The normalized spacial score (nSPS) is 21.3. The molecule has 126 valence electrons. The Kier molecular flexibility index (Phi) is 3.66. The number of pyridine rings is 1. The lowest BCUT2D eigenvalue weighted by molar-refractivity contribution is -0.129. The van der Waals surface area contributed by atoms with Crippen molar-refractivity contribution in [2.75, 3.05) is 24.5 Å². The minimum absolute atomic E-state index is 0.222. The van der Waals surface area contributed by atoms with Gasteiger partial charge in [0.25, 0.3) is 0 Å². The summed E-state index contributed by atoms with van der Waals surface area (Å²) in [5, 5.41) is 0.585. The first-order chi connectivity index (χ1) is 11.5. The van der Waals surface area contributed by atoms with E-state index in [-0.39, 0.29) is 17.8 Å². The number of aromatic nitrogens is 1. The van der Waals surface area contributed by atoms with Gasteiger partial charge in [-0.3, -0.25) is 4.79 Å². The molecule has 0 N–H and O–H groups in total. The maximum atomic E-state index is 14.1. The summed E-state index contributed by atoms with van der Waals surface area (Å²) < 4.78 is 14.1. The number of rotatable bonds is 2. The monoisotopic (exact) mass is 327 g/mol. The number of fused-ring (bicyclic) bond motifs is 1. The largest absolute Gasteiger partial charge is 0.354 e. The number of aryl methyl sites for hydroxylation is 2. The molecule has 0 bridgehead atoms. The molecule has 0 radical (unpaired) electrons. The average molecular weight is 327 g/mol. The molecule has 3 heterocycles. The van der Waals surface area contributed by atoms with Gasteiger partial charge in [0.2, 0.25) is 5.91 Å². The van der Waals surface area contributed by atoms with Crippen LogP contribution in [0.3, 0.4) is 0 Å². The third kappa shape index (κ3) is 2.43. The molecule has 1 aromatic carbocycles. The van der Waals surface area contributed by atoms with Crippen molar-refractivity contribution >= 4 is 22.6 Å². The highest BCUT2D eigenvalue weighted by atomic mass is 19.1. The number of benzene rings is 1. The number of nitrogens with zero attached hydrogens (tertiary/aromatic N) is 3. The van der Waals surface area contributed by atoms with E-state index in [4.69, 9.17) is 4.98 Å². The maximum Gasteiger partial charge on any atom is 0.222 e. The lowest BCUT2D eigenvalue weighted by Gasteiger charge is -2.25. The summed E-state index contributed by atoms with van der Waals surface area (Å²) in [5.41, 5.74) is 2.70. The Morgan fingerprint density at radius 1 is 1.21 bits per heavy atom. The molecular formula is C19H22FN3O. The fourth-order valence-corrected chi connectivity index (χ4v) is 4.02. The first kappa shape index (κ1) is 15.4. The van der Waals surface area contributed by atoms with Gasteiger partial charge in [-0.15, -0.1) is 0 Å². The van der Waals surface area contributed by atoms with E-state index in [9.17, 15) is 9.18 Å². The molecule has 2 aliphatic rings. The third-order valence-electron chi connectivity index (χ3n) is 5.31. The molecule has 24 heavy (non-hydrogen) atoms. The lowest BCUT2D eigenvalue weighted by Crippen LogP contribution is -2.38. The first-order valence-corrected chi connectivity index (χ1v) is 8.65. The predicted octanol–water partition coefficient (Wildman–Crippen LogP) is 3.19. The smallest absolute Gasteiger partial charge is 0.222 e. The summed E-state index contributed by atoms with van der Waals surface area (Å²) in [7, 11) is 0. The van der Waals surface area contributed by atoms with Gasteiger partial charge in [-0.1, -0.05) is 6.07 Å². The molecule has 5 heteroatoms. The second-order valence-corrected chi connectivity index (χ2v) is 6.97. The molecule has 1 unspecified atom stereocenters. The van der Waals surface area contributed by atoms with E-state index in [1.807, 2.05) is 24.8 Å². The zero-order chi connectivity index (χ0) is 16.8. The van der Waals surface area contributed by atoms with Crippen LogP contribution in [-0.4, -0.2) is 41.5 Å². The van der Waals surface area contributed by atoms with Crippen molar-refractivity contribution in [3.05, 3.63) is 35.1 Å². The van der Waals surface area contributed by atoms with Crippen LogP contribution in [0.5, 0.6) is 0 Å². The van der Waals surface area contributed by atoms with Crippen molar-refractivity contribution in [3.8, 4) is 0 Å². The van der Waals surface area contributed by atoms with Gasteiger partial charge in [0.05, 0.1) is 11.6 Å². The van der Waals surface area contributed by atoms with Gasteiger partial charge in [0.1, 0.15) is 11.6 Å².